The van der Waals surface area contributed by atoms with Gasteiger partial charge in [-0.25, -0.2) is 0 Å². The zero-order valence-corrected chi connectivity index (χ0v) is 8.30. The molecule has 0 aromatic heterocycles. The van der Waals surface area contributed by atoms with E-state index in [4.69, 9.17) is 5.73 Å². The van der Waals surface area contributed by atoms with Crippen LogP contribution in [-0.4, -0.2) is 6.21 Å². The summed E-state index contributed by atoms with van der Waals surface area (Å²) >= 11 is 0. The molecule has 2 rings (SSSR count). The van der Waals surface area contributed by atoms with Gasteiger partial charge in [-0.3, -0.25) is 4.99 Å². The molecule has 0 aliphatic heterocycles. The van der Waals surface area contributed by atoms with Gasteiger partial charge in [0.2, 0.25) is 0 Å². The maximum absolute atomic E-state index is 5.77. The van der Waals surface area contributed by atoms with Crippen molar-refractivity contribution in [1.82, 2.24) is 0 Å². The monoisotopic (exact) mass is 196 g/mol. The van der Waals surface area contributed by atoms with E-state index in [-0.39, 0.29) is 0 Å². The van der Waals surface area contributed by atoms with Crippen LogP contribution in [-0.2, 0) is 0 Å². The number of nitrogen functional groups attached to an aromatic ring is 1. The maximum Gasteiger partial charge on any atom is 0.0859 e. The van der Waals surface area contributed by atoms with Gasteiger partial charge in [0.05, 0.1) is 11.4 Å². The number of hydrogen-bond donors (Lipinski definition) is 1. The molecule has 0 aliphatic carbocycles. The smallest absolute Gasteiger partial charge is 0.0859 e. The number of rotatable bonds is 2. The van der Waals surface area contributed by atoms with Crippen LogP contribution in [0.3, 0.4) is 0 Å². The Balaban J connectivity index is 2.23. The highest BCUT2D eigenvalue weighted by molar-refractivity contribution is 5.83. The van der Waals surface area contributed by atoms with E-state index < -0.39 is 0 Å². The number of aliphatic imine (C=N–C) groups is 1. The van der Waals surface area contributed by atoms with E-state index in [2.05, 4.69) is 4.99 Å². The third kappa shape index (κ3) is 2.44. The molecule has 0 fully saturated rings. The minimum Gasteiger partial charge on any atom is -0.397 e. The third-order valence-electron chi connectivity index (χ3n) is 2.09. The average molecular weight is 196 g/mol. The Bertz CT molecular complexity index is 461. The fraction of sp³-hybridized carbons (Fsp3) is 0. The standard InChI is InChI=1S/C13H12N2/c14-12-8-4-5-9-13(12)15-10-11-6-2-1-3-7-11/h1-10H,14H2/b15-10+. The van der Waals surface area contributed by atoms with Crippen LogP contribution >= 0.6 is 0 Å². The highest BCUT2D eigenvalue weighted by Gasteiger charge is 1.92. The first kappa shape index (κ1) is 9.46. The molecule has 15 heavy (non-hydrogen) atoms. The zero-order chi connectivity index (χ0) is 10.5. The van der Waals surface area contributed by atoms with Gasteiger partial charge in [-0.2, -0.15) is 0 Å². The van der Waals surface area contributed by atoms with Crippen LogP contribution in [0.5, 0.6) is 0 Å². The predicted molar refractivity (Wildman–Crippen MR) is 64.6 cm³/mol. The summed E-state index contributed by atoms with van der Waals surface area (Å²) in [7, 11) is 0. The van der Waals surface area contributed by atoms with Crippen LogP contribution in [0.1, 0.15) is 5.56 Å². The molecule has 0 spiro atoms. The van der Waals surface area contributed by atoms with Crippen LogP contribution in [0.2, 0.25) is 0 Å². The molecule has 2 nitrogen and oxygen atoms in total. The van der Waals surface area contributed by atoms with Gasteiger partial charge in [-0.15, -0.1) is 0 Å². The lowest BCUT2D eigenvalue weighted by atomic mass is 10.2. The summed E-state index contributed by atoms with van der Waals surface area (Å²) in [4.78, 5) is 4.33. The van der Waals surface area contributed by atoms with Gasteiger partial charge in [0.25, 0.3) is 0 Å². The topological polar surface area (TPSA) is 38.4 Å². The average Bonchev–Trinajstić information content (AvgIpc) is 2.29. The molecule has 0 saturated heterocycles. The fourth-order valence-electron chi connectivity index (χ4n) is 1.29. The van der Waals surface area contributed by atoms with Gasteiger partial charge in [-0.05, 0) is 17.7 Å². The molecule has 0 saturated carbocycles. The van der Waals surface area contributed by atoms with Gasteiger partial charge < -0.3 is 5.73 Å². The second kappa shape index (κ2) is 4.42. The molecule has 74 valence electrons. The molecular weight excluding hydrogens is 184 g/mol. The van der Waals surface area contributed by atoms with Crippen LogP contribution in [0.25, 0.3) is 0 Å². The quantitative estimate of drug-likeness (QED) is 0.582. The van der Waals surface area contributed by atoms with E-state index >= 15 is 0 Å². The molecule has 2 heteroatoms. The van der Waals surface area contributed by atoms with Crippen LogP contribution in [0.15, 0.2) is 59.6 Å². The van der Waals surface area contributed by atoms with Crippen molar-refractivity contribution in [2.75, 3.05) is 5.73 Å². The van der Waals surface area contributed by atoms with Gasteiger partial charge in [0, 0.05) is 6.21 Å². The van der Waals surface area contributed by atoms with Crippen LogP contribution in [0.4, 0.5) is 11.4 Å². The minimum absolute atomic E-state index is 0.699. The molecule has 2 N–H and O–H groups in total. The maximum atomic E-state index is 5.77. The number of nitrogens with zero attached hydrogens (tertiary/aromatic N) is 1. The van der Waals surface area contributed by atoms with Crippen molar-refractivity contribution < 1.29 is 0 Å². The van der Waals surface area contributed by atoms with Crippen molar-refractivity contribution in [3.63, 3.8) is 0 Å². The van der Waals surface area contributed by atoms with Crippen LogP contribution < -0.4 is 5.73 Å². The normalized spacial score (nSPS) is 10.7. The second-order valence-corrected chi connectivity index (χ2v) is 3.23. The van der Waals surface area contributed by atoms with Gasteiger partial charge >= 0.3 is 0 Å². The Kier molecular flexibility index (Phi) is 2.79. The minimum atomic E-state index is 0.699. The van der Waals surface area contributed by atoms with Gasteiger partial charge in [0.1, 0.15) is 0 Å². The van der Waals surface area contributed by atoms with Gasteiger partial charge in [-0.1, -0.05) is 42.5 Å². The van der Waals surface area contributed by atoms with Crippen molar-refractivity contribution in [3.8, 4) is 0 Å². The highest BCUT2D eigenvalue weighted by atomic mass is 14.8. The van der Waals surface area contributed by atoms with E-state index in [1.165, 1.54) is 0 Å². The molecular formula is C13H12N2. The summed E-state index contributed by atoms with van der Waals surface area (Å²) in [6.45, 7) is 0. The van der Waals surface area contributed by atoms with E-state index in [1.54, 1.807) is 0 Å². The number of hydrogen-bond acceptors (Lipinski definition) is 2. The summed E-state index contributed by atoms with van der Waals surface area (Å²) in [6, 6.07) is 17.5. The molecule has 2 aromatic rings. The molecule has 0 aliphatic rings. The van der Waals surface area contributed by atoms with Crippen molar-refractivity contribution in [1.29, 1.82) is 0 Å². The van der Waals surface area contributed by atoms with Crippen LogP contribution in [0, 0.1) is 0 Å². The highest BCUT2D eigenvalue weighted by Crippen LogP contribution is 2.20. The predicted octanol–water partition coefficient (Wildman–Crippen LogP) is 3.02. The number of benzene rings is 2. The SMILES string of the molecule is Nc1ccccc1/N=C/c1ccccc1. The Hall–Kier alpha value is -2.09. The summed E-state index contributed by atoms with van der Waals surface area (Å²) in [5.41, 5.74) is 8.35. The van der Waals surface area contributed by atoms with E-state index in [0.717, 1.165) is 11.3 Å². The lowest BCUT2D eigenvalue weighted by Crippen LogP contribution is -1.85. The second-order valence-electron chi connectivity index (χ2n) is 3.23. The number of anilines is 1. The molecule has 0 bridgehead atoms. The molecule has 0 amide bonds. The van der Waals surface area contributed by atoms with E-state index in [0.29, 0.717) is 5.69 Å². The Morgan fingerprint density at radius 2 is 1.53 bits per heavy atom. The molecule has 0 radical (unpaired) electrons. The summed E-state index contributed by atoms with van der Waals surface area (Å²) < 4.78 is 0. The Labute approximate surface area is 89.1 Å². The first-order chi connectivity index (χ1) is 7.36. The summed E-state index contributed by atoms with van der Waals surface area (Å²) in [6.07, 6.45) is 1.81. The van der Waals surface area contributed by atoms with Crippen molar-refractivity contribution in [3.05, 3.63) is 60.2 Å². The lowest BCUT2D eigenvalue weighted by molar-refractivity contribution is 1.52. The van der Waals surface area contributed by atoms with Gasteiger partial charge in [0.15, 0.2) is 0 Å². The molecule has 0 heterocycles. The molecule has 0 unspecified atom stereocenters. The first-order valence-electron chi connectivity index (χ1n) is 4.80. The third-order valence-corrected chi connectivity index (χ3v) is 2.09. The van der Waals surface area contributed by atoms with E-state index in [9.17, 15) is 0 Å². The lowest BCUT2D eigenvalue weighted by Gasteiger charge is -1.97. The molecule has 0 atom stereocenters. The Morgan fingerprint density at radius 1 is 0.867 bits per heavy atom. The van der Waals surface area contributed by atoms with E-state index in [1.807, 2.05) is 60.8 Å². The van der Waals surface area contributed by atoms with Crippen molar-refractivity contribution >= 4 is 17.6 Å². The molecule has 2 aromatic carbocycles. The zero-order valence-electron chi connectivity index (χ0n) is 8.30. The first-order valence-corrected chi connectivity index (χ1v) is 4.80. The summed E-state index contributed by atoms with van der Waals surface area (Å²) in [5, 5.41) is 0. The van der Waals surface area contributed by atoms with Crippen molar-refractivity contribution in [2.45, 2.75) is 0 Å². The largest absolute Gasteiger partial charge is 0.397 e. The summed E-state index contributed by atoms with van der Waals surface area (Å²) in [5.74, 6) is 0. The number of para-hydroxylation sites is 2. The number of nitrogens with two attached hydrogens (primary N) is 1. The Morgan fingerprint density at radius 3 is 2.27 bits per heavy atom. The fourth-order valence-corrected chi connectivity index (χ4v) is 1.29. The van der Waals surface area contributed by atoms with Crippen molar-refractivity contribution in [2.24, 2.45) is 4.99 Å².